The zero-order valence-electron chi connectivity index (χ0n) is 21.1. The number of benzene rings is 1. The van der Waals surface area contributed by atoms with Gasteiger partial charge < -0.3 is 14.8 Å². The second-order valence-corrected chi connectivity index (χ2v) is 7.38. The molecule has 1 N–H and O–H groups in total. The van der Waals surface area contributed by atoms with Crippen LogP contribution in [0.15, 0.2) is 24.4 Å². The summed E-state index contributed by atoms with van der Waals surface area (Å²) >= 11 is 0. The van der Waals surface area contributed by atoms with Gasteiger partial charge in [0, 0.05) is 19.2 Å². The van der Waals surface area contributed by atoms with Crippen LogP contribution in [0.1, 0.15) is 65.0 Å². The van der Waals surface area contributed by atoms with Gasteiger partial charge in [-0.1, -0.05) is 47.0 Å². The van der Waals surface area contributed by atoms with Gasteiger partial charge in [-0.2, -0.15) is 22.8 Å². The number of nitrogens with zero attached hydrogens (tertiary/aromatic N) is 4. The van der Waals surface area contributed by atoms with Crippen LogP contribution in [0.4, 0.5) is 19.1 Å². The molecular weight excluding hydrogens is 447 g/mol. The average Bonchev–Trinajstić information content (AvgIpc) is 3.29. The second kappa shape index (κ2) is 14.4. The Balaban J connectivity index is 0.000000732. The van der Waals surface area contributed by atoms with E-state index in [-0.39, 0.29) is 12.5 Å². The molecule has 0 amide bonds. The van der Waals surface area contributed by atoms with E-state index in [1.165, 1.54) is 23.8 Å². The third-order valence-corrected chi connectivity index (χ3v) is 4.42. The molecule has 0 bridgehead atoms. The lowest BCUT2D eigenvalue weighted by Gasteiger charge is -2.17. The van der Waals surface area contributed by atoms with Crippen molar-refractivity contribution in [2.45, 2.75) is 67.0 Å². The van der Waals surface area contributed by atoms with Crippen LogP contribution >= 0.6 is 0 Å². The fraction of sp³-hybridized carbons (Fsp3) is 0.542. The van der Waals surface area contributed by atoms with Crippen LogP contribution in [0.2, 0.25) is 0 Å². The Morgan fingerprint density at radius 3 is 2.21 bits per heavy atom. The molecule has 2 heterocycles. The molecule has 7 nitrogen and oxygen atoms in total. The molecule has 0 aliphatic rings. The van der Waals surface area contributed by atoms with E-state index in [1.54, 1.807) is 33.2 Å². The zero-order valence-corrected chi connectivity index (χ0v) is 21.1. The molecule has 0 atom stereocenters. The highest BCUT2D eigenvalue weighted by molar-refractivity contribution is 5.83. The monoisotopic (exact) mass is 483 g/mol. The van der Waals surface area contributed by atoms with Crippen LogP contribution in [0.3, 0.4) is 0 Å². The normalized spacial score (nSPS) is 10.8. The van der Waals surface area contributed by atoms with Gasteiger partial charge >= 0.3 is 6.18 Å². The van der Waals surface area contributed by atoms with Crippen LogP contribution in [-0.4, -0.2) is 40.3 Å². The first-order valence-corrected chi connectivity index (χ1v) is 11.5. The molecule has 0 spiro atoms. The summed E-state index contributed by atoms with van der Waals surface area (Å²) in [5.41, 5.74) is 0.900. The van der Waals surface area contributed by atoms with E-state index in [0.29, 0.717) is 34.9 Å². The number of hydrogen-bond acceptors (Lipinski definition) is 6. The Bertz CT molecular complexity index is 1000. The minimum absolute atomic E-state index is 0.0189. The van der Waals surface area contributed by atoms with Crippen LogP contribution in [0.25, 0.3) is 16.8 Å². The van der Waals surface area contributed by atoms with E-state index >= 15 is 0 Å². The first kappa shape index (κ1) is 29.2. The molecule has 0 radical (unpaired) electrons. The maximum Gasteiger partial charge on any atom is 0.416 e. The summed E-state index contributed by atoms with van der Waals surface area (Å²) < 4.78 is 51.9. The zero-order chi connectivity index (χ0) is 25.7. The summed E-state index contributed by atoms with van der Waals surface area (Å²) in [7, 11) is 1.67. The van der Waals surface area contributed by atoms with Gasteiger partial charge in [0.25, 0.3) is 0 Å². The minimum atomic E-state index is -4.50. The number of ether oxygens (including phenoxy) is 2. The number of rotatable bonds is 7. The fourth-order valence-corrected chi connectivity index (χ4v) is 2.70. The van der Waals surface area contributed by atoms with Gasteiger partial charge in [-0.05, 0) is 37.6 Å². The van der Waals surface area contributed by atoms with Gasteiger partial charge in [0.2, 0.25) is 5.95 Å². The number of halogens is 3. The third-order valence-electron chi connectivity index (χ3n) is 4.42. The molecular formula is C24H36F3N5O2. The number of anilines is 1. The molecule has 10 heteroatoms. The van der Waals surface area contributed by atoms with Crippen molar-refractivity contribution < 1.29 is 22.6 Å². The van der Waals surface area contributed by atoms with Crippen molar-refractivity contribution in [3.63, 3.8) is 0 Å². The number of aryl methyl sites for hydroxylation is 1. The number of unbranched alkanes of at least 4 members (excludes halogenated alkanes) is 1. The Kier molecular flexibility index (Phi) is 12.3. The molecule has 0 fully saturated rings. The van der Waals surface area contributed by atoms with E-state index in [2.05, 4.69) is 48.3 Å². The van der Waals surface area contributed by atoms with Crippen molar-refractivity contribution in [2.24, 2.45) is 0 Å². The maximum atomic E-state index is 13.2. The molecule has 2 aromatic heterocycles. The number of fused-ring (bicyclic) bond motifs is 1. The first-order chi connectivity index (χ1) is 16.2. The van der Waals surface area contributed by atoms with Crippen LogP contribution in [0, 0.1) is 6.92 Å². The van der Waals surface area contributed by atoms with E-state index in [4.69, 9.17) is 9.47 Å². The molecule has 0 aliphatic carbocycles. The summed E-state index contributed by atoms with van der Waals surface area (Å²) in [6, 6.07) is 3.71. The van der Waals surface area contributed by atoms with Gasteiger partial charge in [0.05, 0.1) is 17.3 Å². The van der Waals surface area contributed by atoms with Gasteiger partial charge in [0.15, 0.2) is 6.79 Å². The maximum absolute atomic E-state index is 13.2. The molecule has 0 saturated heterocycles. The van der Waals surface area contributed by atoms with Crippen LogP contribution < -0.4 is 10.1 Å². The predicted octanol–water partition coefficient (Wildman–Crippen LogP) is 6.76. The number of aromatic nitrogens is 4. The summed E-state index contributed by atoms with van der Waals surface area (Å²) in [5, 5.41) is 15.3. The van der Waals surface area contributed by atoms with E-state index in [0.717, 1.165) is 12.1 Å². The standard InChI is InChI=1S/C17H18F3N5O2.C4H10.C3H8/c1-4-26-9-27-13-8-11(17(18,19)20)7-10(2)14(13)15-12-5-6-22-25(12)16(21-3)24-23-15;1-3-4-2;1-3-2/h5-8H,4,9H2,1-3H3,(H,21,24);3-4H2,1-2H3;3H2,1-2H3. The number of alkyl halides is 3. The number of hydrogen-bond donors (Lipinski definition) is 1. The Morgan fingerprint density at radius 1 is 1.03 bits per heavy atom. The van der Waals surface area contributed by atoms with E-state index < -0.39 is 11.7 Å². The van der Waals surface area contributed by atoms with E-state index in [9.17, 15) is 13.2 Å². The van der Waals surface area contributed by atoms with Crippen molar-refractivity contribution >= 4 is 11.5 Å². The lowest BCUT2D eigenvalue weighted by molar-refractivity contribution is -0.137. The molecule has 3 aromatic rings. The van der Waals surface area contributed by atoms with Gasteiger partial charge in [-0.3, -0.25) is 0 Å². The quantitative estimate of drug-likeness (QED) is 0.296. The predicted molar refractivity (Wildman–Crippen MR) is 129 cm³/mol. The summed E-state index contributed by atoms with van der Waals surface area (Å²) in [5.74, 6) is 0.422. The molecule has 0 aliphatic heterocycles. The van der Waals surface area contributed by atoms with Crippen LogP contribution in [-0.2, 0) is 10.9 Å². The fourth-order valence-electron chi connectivity index (χ4n) is 2.70. The highest BCUT2D eigenvalue weighted by atomic mass is 19.4. The molecule has 190 valence electrons. The highest BCUT2D eigenvalue weighted by Crippen LogP contribution is 2.40. The van der Waals surface area contributed by atoms with Crippen molar-refractivity contribution in [1.82, 2.24) is 19.8 Å². The van der Waals surface area contributed by atoms with Crippen molar-refractivity contribution in [3.05, 3.63) is 35.5 Å². The summed E-state index contributed by atoms with van der Waals surface area (Å²) in [6.07, 6.45) is 0.948. The molecule has 34 heavy (non-hydrogen) atoms. The van der Waals surface area contributed by atoms with Crippen molar-refractivity contribution in [3.8, 4) is 17.0 Å². The molecule has 0 unspecified atom stereocenters. The summed E-state index contributed by atoms with van der Waals surface area (Å²) in [4.78, 5) is 0. The largest absolute Gasteiger partial charge is 0.467 e. The Hall–Kier alpha value is -2.88. The van der Waals surface area contributed by atoms with Crippen molar-refractivity contribution in [1.29, 1.82) is 0 Å². The van der Waals surface area contributed by atoms with Gasteiger partial charge in [0.1, 0.15) is 11.4 Å². The summed E-state index contributed by atoms with van der Waals surface area (Å²) in [6.45, 7) is 12.1. The van der Waals surface area contributed by atoms with Gasteiger partial charge in [-0.25, -0.2) is 0 Å². The molecule has 3 rings (SSSR count). The number of nitrogens with one attached hydrogen (secondary N) is 1. The Morgan fingerprint density at radius 2 is 1.68 bits per heavy atom. The van der Waals surface area contributed by atoms with Gasteiger partial charge in [-0.15, -0.1) is 10.2 Å². The molecule has 0 saturated carbocycles. The van der Waals surface area contributed by atoms with Crippen LogP contribution in [0.5, 0.6) is 5.75 Å². The first-order valence-electron chi connectivity index (χ1n) is 11.5. The average molecular weight is 484 g/mol. The van der Waals surface area contributed by atoms with E-state index in [1.807, 2.05) is 0 Å². The highest BCUT2D eigenvalue weighted by Gasteiger charge is 2.33. The van der Waals surface area contributed by atoms with Crippen molar-refractivity contribution in [2.75, 3.05) is 25.8 Å². The lowest BCUT2D eigenvalue weighted by Crippen LogP contribution is -2.11. The Labute approximate surface area is 199 Å². The third kappa shape index (κ3) is 7.86. The molecule has 1 aromatic carbocycles. The SMILES string of the molecule is CCC.CCCC.CCOCOc1cc(C(F)(F)F)cc(C)c1-c1nnc(NC)n2nccc12. The lowest BCUT2D eigenvalue weighted by atomic mass is 10.00. The second-order valence-electron chi connectivity index (χ2n) is 7.38. The topological polar surface area (TPSA) is 73.6 Å². The smallest absolute Gasteiger partial charge is 0.416 e. The minimum Gasteiger partial charge on any atom is -0.467 e.